The highest BCUT2D eigenvalue weighted by molar-refractivity contribution is 5.44. The van der Waals surface area contributed by atoms with Gasteiger partial charge in [0.15, 0.2) is 0 Å². The molecule has 0 amide bonds. The predicted molar refractivity (Wildman–Crippen MR) is 72.9 cm³/mol. The van der Waals surface area contributed by atoms with Gasteiger partial charge < -0.3 is 11.1 Å². The molecule has 0 spiro atoms. The summed E-state index contributed by atoms with van der Waals surface area (Å²) in [4.78, 5) is 4.29. The van der Waals surface area contributed by atoms with Gasteiger partial charge >= 0.3 is 0 Å². The smallest absolute Gasteiger partial charge is 0.126 e. The summed E-state index contributed by atoms with van der Waals surface area (Å²) in [5.74, 6) is 1.91. The Morgan fingerprint density at radius 2 is 2.06 bits per heavy atom. The maximum atomic E-state index is 5.62. The molecule has 0 radical (unpaired) electrons. The van der Waals surface area contributed by atoms with Crippen LogP contribution in [0.4, 0.5) is 11.5 Å². The molecule has 3 nitrogen and oxygen atoms in total. The lowest BCUT2D eigenvalue weighted by Gasteiger charge is -2.29. The molecule has 0 unspecified atom stereocenters. The molecule has 0 bridgehead atoms. The second-order valence-electron chi connectivity index (χ2n) is 5.13. The first-order valence-corrected chi connectivity index (χ1v) is 6.76. The summed E-state index contributed by atoms with van der Waals surface area (Å²) < 4.78 is 0. The lowest BCUT2D eigenvalue weighted by Crippen LogP contribution is -2.26. The zero-order chi connectivity index (χ0) is 12.1. The molecule has 94 valence electrons. The Bertz CT molecular complexity index is 326. The fraction of sp³-hybridized carbons (Fsp3) is 0.643. The SMILES string of the molecule is CCCC1CCC(Nc2ccc(N)cn2)CC1. The molecule has 1 saturated carbocycles. The number of anilines is 2. The summed E-state index contributed by atoms with van der Waals surface area (Å²) in [7, 11) is 0. The van der Waals surface area contributed by atoms with E-state index in [4.69, 9.17) is 5.73 Å². The summed E-state index contributed by atoms with van der Waals surface area (Å²) in [5.41, 5.74) is 6.35. The third-order valence-electron chi connectivity index (χ3n) is 3.68. The molecule has 1 fully saturated rings. The number of nitrogen functional groups attached to an aromatic ring is 1. The van der Waals surface area contributed by atoms with Crippen molar-refractivity contribution in [2.75, 3.05) is 11.1 Å². The van der Waals surface area contributed by atoms with Crippen LogP contribution in [0.25, 0.3) is 0 Å². The van der Waals surface area contributed by atoms with Gasteiger partial charge in [-0.2, -0.15) is 0 Å². The van der Waals surface area contributed by atoms with E-state index in [2.05, 4.69) is 17.2 Å². The quantitative estimate of drug-likeness (QED) is 0.837. The lowest BCUT2D eigenvalue weighted by atomic mass is 9.83. The normalized spacial score (nSPS) is 24.5. The molecule has 0 aliphatic heterocycles. The van der Waals surface area contributed by atoms with Crippen molar-refractivity contribution in [3.05, 3.63) is 18.3 Å². The Balaban J connectivity index is 1.79. The van der Waals surface area contributed by atoms with Crippen LogP contribution in [0.1, 0.15) is 45.4 Å². The minimum Gasteiger partial charge on any atom is -0.397 e. The Morgan fingerprint density at radius 3 is 2.65 bits per heavy atom. The van der Waals surface area contributed by atoms with Crippen molar-refractivity contribution >= 4 is 11.5 Å². The molecular weight excluding hydrogens is 210 g/mol. The van der Waals surface area contributed by atoms with E-state index in [1.165, 1.54) is 38.5 Å². The second-order valence-corrected chi connectivity index (χ2v) is 5.13. The first kappa shape index (κ1) is 12.2. The molecule has 1 heterocycles. The van der Waals surface area contributed by atoms with E-state index in [0.717, 1.165) is 17.4 Å². The first-order chi connectivity index (χ1) is 8.28. The van der Waals surface area contributed by atoms with Crippen LogP contribution in [-0.4, -0.2) is 11.0 Å². The maximum absolute atomic E-state index is 5.62. The van der Waals surface area contributed by atoms with E-state index in [1.54, 1.807) is 6.20 Å². The third kappa shape index (κ3) is 3.62. The zero-order valence-electron chi connectivity index (χ0n) is 10.7. The van der Waals surface area contributed by atoms with Gasteiger partial charge in [-0.15, -0.1) is 0 Å². The third-order valence-corrected chi connectivity index (χ3v) is 3.68. The van der Waals surface area contributed by atoms with Crippen LogP contribution in [0.2, 0.25) is 0 Å². The molecule has 3 N–H and O–H groups in total. The van der Waals surface area contributed by atoms with Crippen LogP contribution >= 0.6 is 0 Å². The topological polar surface area (TPSA) is 50.9 Å². The maximum Gasteiger partial charge on any atom is 0.126 e. The number of nitrogens with zero attached hydrogens (tertiary/aromatic N) is 1. The second kappa shape index (κ2) is 5.89. The van der Waals surface area contributed by atoms with Crippen molar-refractivity contribution in [2.45, 2.75) is 51.5 Å². The van der Waals surface area contributed by atoms with Crippen LogP contribution in [-0.2, 0) is 0 Å². The van der Waals surface area contributed by atoms with E-state index < -0.39 is 0 Å². The van der Waals surface area contributed by atoms with Gasteiger partial charge in [0.05, 0.1) is 11.9 Å². The average Bonchev–Trinajstić information content (AvgIpc) is 2.35. The largest absolute Gasteiger partial charge is 0.397 e. The number of nitrogens with two attached hydrogens (primary N) is 1. The van der Waals surface area contributed by atoms with Crippen LogP contribution in [0.5, 0.6) is 0 Å². The fourth-order valence-corrected chi connectivity index (χ4v) is 2.70. The predicted octanol–water partition coefficient (Wildman–Crippen LogP) is 3.43. The van der Waals surface area contributed by atoms with Crippen LogP contribution in [0, 0.1) is 5.92 Å². The number of hydrogen-bond acceptors (Lipinski definition) is 3. The van der Waals surface area contributed by atoms with E-state index >= 15 is 0 Å². The van der Waals surface area contributed by atoms with Gasteiger partial charge in [-0.3, -0.25) is 0 Å². The number of rotatable bonds is 4. The van der Waals surface area contributed by atoms with Gasteiger partial charge in [0.2, 0.25) is 0 Å². The number of aromatic nitrogens is 1. The standard InChI is InChI=1S/C14H23N3/c1-2-3-11-4-7-13(8-5-11)17-14-9-6-12(15)10-16-14/h6,9-11,13H,2-5,7-8,15H2,1H3,(H,16,17). The van der Waals surface area contributed by atoms with Crippen molar-refractivity contribution in [1.82, 2.24) is 4.98 Å². The van der Waals surface area contributed by atoms with Crippen molar-refractivity contribution in [1.29, 1.82) is 0 Å². The summed E-state index contributed by atoms with van der Waals surface area (Å²) >= 11 is 0. The van der Waals surface area contributed by atoms with E-state index in [-0.39, 0.29) is 0 Å². The van der Waals surface area contributed by atoms with Crippen molar-refractivity contribution in [3.63, 3.8) is 0 Å². The van der Waals surface area contributed by atoms with Crippen molar-refractivity contribution < 1.29 is 0 Å². The highest BCUT2D eigenvalue weighted by atomic mass is 15.0. The molecule has 0 saturated heterocycles. The molecule has 17 heavy (non-hydrogen) atoms. The molecule has 3 heteroatoms. The summed E-state index contributed by atoms with van der Waals surface area (Å²) in [6.45, 7) is 2.28. The monoisotopic (exact) mass is 233 g/mol. The van der Waals surface area contributed by atoms with E-state index in [9.17, 15) is 0 Å². The molecular formula is C14H23N3. The minimum atomic E-state index is 0.597. The van der Waals surface area contributed by atoms with Crippen molar-refractivity contribution in [3.8, 4) is 0 Å². The number of nitrogens with one attached hydrogen (secondary N) is 1. The van der Waals surface area contributed by atoms with Crippen molar-refractivity contribution in [2.24, 2.45) is 5.92 Å². The minimum absolute atomic E-state index is 0.597. The molecule has 0 atom stereocenters. The number of pyridine rings is 1. The molecule has 1 aliphatic carbocycles. The van der Waals surface area contributed by atoms with Gasteiger partial charge in [0.1, 0.15) is 5.82 Å². The van der Waals surface area contributed by atoms with Gasteiger partial charge in [-0.25, -0.2) is 4.98 Å². The van der Waals surface area contributed by atoms with Gasteiger partial charge in [-0.1, -0.05) is 19.8 Å². The highest BCUT2D eigenvalue weighted by Crippen LogP contribution is 2.29. The Labute approximate surface area is 104 Å². The molecule has 0 aromatic carbocycles. The Morgan fingerprint density at radius 1 is 1.29 bits per heavy atom. The molecule has 1 aromatic heterocycles. The first-order valence-electron chi connectivity index (χ1n) is 6.76. The van der Waals surface area contributed by atoms with E-state index in [0.29, 0.717) is 6.04 Å². The molecule has 2 rings (SSSR count). The summed E-state index contributed by atoms with van der Waals surface area (Å²) in [6, 6.07) is 4.46. The summed E-state index contributed by atoms with van der Waals surface area (Å²) in [6.07, 6.45) is 9.70. The summed E-state index contributed by atoms with van der Waals surface area (Å²) in [5, 5.41) is 3.50. The molecule has 1 aliphatic rings. The van der Waals surface area contributed by atoms with Crippen LogP contribution in [0.3, 0.4) is 0 Å². The number of hydrogen-bond donors (Lipinski definition) is 2. The Hall–Kier alpha value is -1.25. The molecule has 1 aromatic rings. The van der Waals surface area contributed by atoms with Crippen LogP contribution in [0.15, 0.2) is 18.3 Å². The van der Waals surface area contributed by atoms with Gasteiger partial charge in [-0.05, 0) is 43.7 Å². The fourth-order valence-electron chi connectivity index (χ4n) is 2.70. The highest BCUT2D eigenvalue weighted by Gasteiger charge is 2.20. The zero-order valence-corrected chi connectivity index (χ0v) is 10.7. The van der Waals surface area contributed by atoms with Gasteiger partial charge in [0.25, 0.3) is 0 Å². The Kier molecular flexibility index (Phi) is 4.24. The van der Waals surface area contributed by atoms with Gasteiger partial charge in [0, 0.05) is 6.04 Å². The lowest BCUT2D eigenvalue weighted by molar-refractivity contribution is 0.318. The van der Waals surface area contributed by atoms with E-state index in [1.807, 2.05) is 12.1 Å². The average molecular weight is 233 g/mol. The van der Waals surface area contributed by atoms with Crippen LogP contribution < -0.4 is 11.1 Å².